The van der Waals surface area contributed by atoms with Gasteiger partial charge in [0.05, 0.1) is 39.0 Å². The van der Waals surface area contributed by atoms with Crippen LogP contribution < -0.4 is 14.4 Å². The number of ketones is 1. The number of likely N-dealkylation sites (N-methyl/N-ethyl adjacent to an activating group) is 1. The van der Waals surface area contributed by atoms with E-state index in [0.717, 1.165) is 4.90 Å². The van der Waals surface area contributed by atoms with Gasteiger partial charge < -0.3 is 28.8 Å². The van der Waals surface area contributed by atoms with Crippen molar-refractivity contribution >= 4 is 17.4 Å². The number of rotatable bonds is 5. The van der Waals surface area contributed by atoms with Crippen LogP contribution in [0.3, 0.4) is 0 Å². The molecular weight excluding hydrogens is 376 g/mol. The van der Waals surface area contributed by atoms with E-state index in [1.54, 1.807) is 30.3 Å². The number of likely N-dealkylation sites (tertiary alicyclic amines) is 1. The molecule has 1 aromatic heterocycles. The second kappa shape index (κ2) is 7.63. The van der Waals surface area contributed by atoms with Gasteiger partial charge in [-0.25, -0.2) is 0 Å². The van der Waals surface area contributed by atoms with E-state index in [9.17, 15) is 14.7 Å². The molecule has 0 saturated carbocycles. The van der Waals surface area contributed by atoms with Gasteiger partial charge >= 0.3 is 0 Å². The Morgan fingerprint density at radius 3 is 2.62 bits per heavy atom. The average molecular weight is 399 g/mol. The molecule has 2 N–H and O–H groups in total. The average Bonchev–Trinajstić information content (AvgIpc) is 3.33. The molecular formula is C21H23N2O6+. The van der Waals surface area contributed by atoms with Gasteiger partial charge in [0.15, 0.2) is 11.5 Å². The van der Waals surface area contributed by atoms with Crippen molar-refractivity contribution in [1.29, 1.82) is 0 Å². The molecule has 3 heterocycles. The number of amides is 1. The normalized spacial score (nSPS) is 20.5. The molecule has 1 amide bonds. The van der Waals surface area contributed by atoms with Crippen molar-refractivity contribution in [3.05, 3.63) is 53.5 Å². The molecule has 8 heteroatoms. The Kier molecular flexibility index (Phi) is 5.02. The lowest BCUT2D eigenvalue weighted by molar-refractivity contribution is -0.857. The van der Waals surface area contributed by atoms with Crippen LogP contribution in [0, 0.1) is 0 Å². The van der Waals surface area contributed by atoms with E-state index in [1.165, 1.54) is 11.2 Å². The van der Waals surface area contributed by atoms with Gasteiger partial charge in [-0.05, 0) is 30.3 Å². The van der Waals surface area contributed by atoms with Crippen molar-refractivity contribution in [2.24, 2.45) is 0 Å². The first-order valence-electron chi connectivity index (χ1n) is 9.48. The summed E-state index contributed by atoms with van der Waals surface area (Å²) in [6.45, 7) is 1.86. The Labute approximate surface area is 167 Å². The first kappa shape index (κ1) is 19.1. The number of hydrogen-bond donors (Lipinski definition) is 2. The van der Waals surface area contributed by atoms with Gasteiger partial charge in [0.2, 0.25) is 0 Å². The van der Waals surface area contributed by atoms with E-state index in [0.29, 0.717) is 49.1 Å². The molecule has 1 atom stereocenters. The highest BCUT2D eigenvalue weighted by Crippen LogP contribution is 2.40. The van der Waals surface area contributed by atoms with Gasteiger partial charge in [-0.3, -0.25) is 9.59 Å². The first-order valence-corrected chi connectivity index (χ1v) is 9.48. The standard InChI is InChI=1S/C21H22N2O6/c1-22(2)7-8-23-18(15-4-3-9-27-15)17(20(25)21(23)26)19(24)13-5-6-14-16(12-13)29-11-10-28-14/h3-6,9,12,18,24H,7-8,10-11H2,1-2H3/p+1/t18-/m0/s1. The zero-order chi connectivity index (χ0) is 20.5. The van der Waals surface area contributed by atoms with E-state index in [4.69, 9.17) is 13.9 Å². The molecule has 1 saturated heterocycles. The monoisotopic (exact) mass is 399 g/mol. The lowest BCUT2D eigenvalue weighted by Crippen LogP contribution is -3.06. The molecule has 0 bridgehead atoms. The minimum absolute atomic E-state index is 0.00961. The molecule has 0 aliphatic carbocycles. The quantitative estimate of drug-likeness (QED) is 0.435. The number of carbonyl (C=O) groups excluding carboxylic acids is 2. The van der Waals surface area contributed by atoms with Crippen LogP contribution in [0.15, 0.2) is 46.6 Å². The minimum Gasteiger partial charge on any atom is -0.507 e. The third-order valence-electron chi connectivity index (χ3n) is 5.02. The number of ether oxygens (including phenoxy) is 2. The predicted molar refractivity (Wildman–Crippen MR) is 103 cm³/mol. The summed E-state index contributed by atoms with van der Waals surface area (Å²) in [5.41, 5.74) is 0.387. The molecule has 0 unspecified atom stereocenters. The van der Waals surface area contributed by atoms with Crippen LogP contribution in [0.4, 0.5) is 0 Å². The number of furan rings is 1. The zero-order valence-electron chi connectivity index (χ0n) is 16.3. The van der Waals surface area contributed by atoms with E-state index in [1.807, 2.05) is 14.1 Å². The highest BCUT2D eigenvalue weighted by atomic mass is 16.6. The van der Waals surface area contributed by atoms with Gasteiger partial charge in [0.1, 0.15) is 30.8 Å². The van der Waals surface area contributed by atoms with Crippen molar-refractivity contribution in [2.45, 2.75) is 6.04 Å². The number of fused-ring (bicyclic) bond motifs is 1. The molecule has 152 valence electrons. The molecule has 2 aliphatic rings. The lowest BCUT2D eigenvalue weighted by Gasteiger charge is -2.23. The fourth-order valence-corrected chi connectivity index (χ4v) is 3.54. The van der Waals surface area contributed by atoms with Crippen LogP contribution in [0.2, 0.25) is 0 Å². The maximum Gasteiger partial charge on any atom is 0.295 e. The summed E-state index contributed by atoms with van der Waals surface area (Å²) >= 11 is 0. The van der Waals surface area contributed by atoms with Crippen molar-refractivity contribution < 1.29 is 33.5 Å². The van der Waals surface area contributed by atoms with Crippen LogP contribution in [0.1, 0.15) is 17.4 Å². The second-order valence-electron chi connectivity index (χ2n) is 7.32. The van der Waals surface area contributed by atoms with Crippen molar-refractivity contribution in [3.8, 4) is 11.5 Å². The SMILES string of the molecule is C[NH+](C)CCN1C(=O)C(=O)C(=C(O)c2ccc3c(c2)OCCO3)[C@@H]1c1ccco1. The summed E-state index contributed by atoms with van der Waals surface area (Å²) in [5, 5.41) is 11.0. The Balaban J connectivity index is 1.79. The number of Topliss-reactive ketones (excluding diaryl/α,β-unsaturated/α-hetero) is 1. The fourth-order valence-electron chi connectivity index (χ4n) is 3.54. The number of aliphatic hydroxyl groups is 1. The lowest BCUT2D eigenvalue weighted by atomic mass is 9.99. The van der Waals surface area contributed by atoms with Gasteiger partial charge in [-0.1, -0.05) is 0 Å². The summed E-state index contributed by atoms with van der Waals surface area (Å²) in [4.78, 5) is 28.2. The number of nitrogens with one attached hydrogen (secondary N) is 1. The third-order valence-corrected chi connectivity index (χ3v) is 5.02. The van der Waals surface area contributed by atoms with Crippen LogP contribution in [0.5, 0.6) is 11.5 Å². The van der Waals surface area contributed by atoms with Crippen molar-refractivity contribution in [3.63, 3.8) is 0 Å². The molecule has 2 aromatic rings. The Morgan fingerprint density at radius 1 is 1.17 bits per heavy atom. The van der Waals surface area contributed by atoms with Crippen molar-refractivity contribution in [2.75, 3.05) is 40.4 Å². The van der Waals surface area contributed by atoms with Crippen LogP contribution in [-0.4, -0.2) is 62.1 Å². The van der Waals surface area contributed by atoms with E-state index < -0.39 is 17.7 Å². The molecule has 2 aliphatic heterocycles. The third kappa shape index (κ3) is 3.47. The van der Waals surface area contributed by atoms with Gasteiger partial charge in [-0.2, -0.15) is 0 Å². The number of nitrogens with zero attached hydrogens (tertiary/aromatic N) is 1. The molecule has 1 aromatic carbocycles. The summed E-state index contributed by atoms with van der Waals surface area (Å²) in [5.74, 6) is -0.150. The highest BCUT2D eigenvalue weighted by molar-refractivity contribution is 6.46. The molecule has 0 spiro atoms. The van der Waals surface area contributed by atoms with E-state index in [-0.39, 0.29) is 11.3 Å². The van der Waals surface area contributed by atoms with Crippen LogP contribution in [-0.2, 0) is 9.59 Å². The maximum absolute atomic E-state index is 12.9. The number of hydrogen-bond acceptors (Lipinski definition) is 6. The molecule has 1 fully saturated rings. The van der Waals surface area contributed by atoms with Crippen LogP contribution in [0.25, 0.3) is 5.76 Å². The zero-order valence-corrected chi connectivity index (χ0v) is 16.3. The van der Waals surface area contributed by atoms with Gasteiger partial charge in [-0.15, -0.1) is 0 Å². The van der Waals surface area contributed by atoms with Crippen molar-refractivity contribution in [1.82, 2.24) is 4.90 Å². The smallest absolute Gasteiger partial charge is 0.295 e. The van der Waals surface area contributed by atoms with Crippen LogP contribution >= 0.6 is 0 Å². The summed E-state index contributed by atoms with van der Waals surface area (Å²) in [6.07, 6.45) is 1.48. The summed E-state index contributed by atoms with van der Waals surface area (Å²) in [6, 6.07) is 7.54. The second-order valence-corrected chi connectivity index (χ2v) is 7.32. The minimum atomic E-state index is -0.780. The first-order chi connectivity index (χ1) is 14.0. The van der Waals surface area contributed by atoms with E-state index in [2.05, 4.69) is 0 Å². The van der Waals surface area contributed by atoms with E-state index >= 15 is 0 Å². The fraction of sp³-hybridized carbons (Fsp3) is 0.333. The maximum atomic E-state index is 12.9. The topological polar surface area (TPSA) is 93.7 Å². The Morgan fingerprint density at radius 2 is 1.93 bits per heavy atom. The highest BCUT2D eigenvalue weighted by Gasteiger charge is 2.47. The summed E-state index contributed by atoms with van der Waals surface area (Å²) in [7, 11) is 3.93. The number of aliphatic hydroxyl groups excluding tert-OH is 1. The largest absolute Gasteiger partial charge is 0.507 e. The Bertz CT molecular complexity index is 964. The summed E-state index contributed by atoms with van der Waals surface area (Å²) < 4.78 is 16.6. The molecule has 29 heavy (non-hydrogen) atoms. The number of benzene rings is 1. The number of quaternary nitrogens is 1. The molecule has 4 rings (SSSR count). The molecule has 0 radical (unpaired) electrons. The van der Waals surface area contributed by atoms with Gasteiger partial charge in [0.25, 0.3) is 11.7 Å². The molecule has 8 nitrogen and oxygen atoms in total. The predicted octanol–water partition coefficient (Wildman–Crippen LogP) is 0.617. The number of carbonyl (C=O) groups is 2. The van der Waals surface area contributed by atoms with Gasteiger partial charge in [0, 0.05) is 5.56 Å². The Hall–Kier alpha value is -3.26.